The molecule has 0 atom stereocenters. The summed E-state index contributed by atoms with van der Waals surface area (Å²) in [4.78, 5) is 5.64. The molecule has 0 saturated carbocycles. The van der Waals surface area contributed by atoms with Crippen molar-refractivity contribution in [3.05, 3.63) is 53.7 Å². The number of aromatic nitrogens is 1. The zero-order valence-corrected chi connectivity index (χ0v) is 11.2. The Hall–Kier alpha value is -1.68. The fraction of sp³-hybridized carbons (Fsp3) is 0.214. The number of pyridine rings is 1. The predicted octanol–water partition coefficient (Wildman–Crippen LogP) is 4.26. The van der Waals surface area contributed by atoms with Crippen molar-refractivity contribution in [3.63, 3.8) is 0 Å². The zero-order valence-electron chi connectivity index (χ0n) is 10.4. The van der Waals surface area contributed by atoms with Crippen LogP contribution < -0.4 is 4.90 Å². The van der Waals surface area contributed by atoms with E-state index in [4.69, 9.17) is 11.6 Å². The van der Waals surface area contributed by atoms with E-state index in [0.717, 1.165) is 0 Å². The number of hydrogen-bond acceptors (Lipinski definition) is 2. The Balaban J connectivity index is 2.48. The van der Waals surface area contributed by atoms with Gasteiger partial charge in [-0.25, -0.2) is 13.8 Å². The van der Waals surface area contributed by atoms with Gasteiger partial charge in [-0.2, -0.15) is 0 Å². The van der Waals surface area contributed by atoms with Crippen LogP contribution >= 0.6 is 11.6 Å². The molecular formula is C14H13ClF2N2. The number of anilines is 2. The quantitative estimate of drug-likeness (QED) is 0.779. The fourth-order valence-corrected chi connectivity index (χ4v) is 2.07. The molecule has 100 valence electrons. The third-order valence-corrected chi connectivity index (χ3v) is 3.07. The molecule has 0 aliphatic rings. The average Bonchev–Trinajstić information content (AvgIpc) is 2.41. The van der Waals surface area contributed by atoms with Crippen LogP contribution in [-0.4, -0.2) is 11.5 Å². The number of hydrogen-bond donors (Lipinski definition) is 0. The van der Waals surface area contributed by atoms with E-state index in [0.29, 0.717) is 17.8 Å². The molecule has 0 aliphatic carbocycles. The second-order valence-electron chi connectivity index (χ2n) is 3.97. The van der Waals surface area contributed by atoms with Gasteiger partial charge in [0.2, 0.25) is 0 Å². The van der Waals surface area contributed by atoms with Crippen molar-refractivity contribution in [2.45, 2.75) is 12.8 Å². The summed E-state index contributed by atoms with van der Waals surface area (Å²) >= 11 is 5.68. The van der Waals surface area contributed by atoms with E-state index < -0.39 is 5.82 Å². The molecule has 1 heterocycles. The maximum atomic E-state index is 14.2. The third-order valence-electron chi connectivity index (χ3n) is 2.79. The maximum absolute atomic E-state index is 14.2. The van der Waals surface area contributed by atoms with E-state index in [1.54, 1.807) is 17.0 Å². The van der Waals surface area contributed by atoms with Crippen molar-refractivity contribution in [2.24, 2.45) is 0 Å². The standard InChI is InChI=1S/C14H13ClF2N2/c1-2-19(12-5-3-4-11(16)8-12)14-13(17)10(9-15)6-7-18-14/h3-8H,2,9H2,1H3. The van der Waals surface area contributed by atoms with Crippen LogP contribution in [0.3, 0.4) is 0 Å². The summed E-state index contributed by atoms with van der Waals surface area (Å²) in [6.45, 7) is 2.32. The van der Waals surface area contributed by atoms with Crippen molar-refractivity contribution in [2.75, 3.05) is 11.4 Å². The van der Waals surface area contributed by atoms with Gasteiger partial charge in [0.25, 0.3) is 0 Å². The summed E-state index contributed by atoms with van der Waals surface area (Å²) in [6.07, 6.45) is 1.50. The van der Waals surface area contributed by atoms with E-state index in [9.17, 15) is 8.78 Å². The number of benzene rings is 1. The monoisotopic (exact) mass is 282 g/mol. The summed E-state index contributed by atoms with van der Waals surface area (Å²) in [7, 11) is 0. The molecule has 1 aromatic heterocycles. The lowest BCUT2D eigenvalue weighted by Gasteiger charge is -2.23. The predicted molar refractivity (Wildman–Crippen MR) is 72.8 cm³/mol. The first kappa shape index (κ1) is 13.7. The summed E-state index contributed by atoms with van der Waals surface area (Å²) in [5.74, 6) is -0.609. The lowest BCUT2D eigenvalue weighted by atomic mass is 10.2. The van der Waals surface area contributed by atoms with Gasteiger partial charge in [-0.05, 0) is 31.2 Å². The van der Waals surface area contributed by atoms with Crippen LogP contribution in [0.4, 0.5) is 20.3 Å². The van der Waals surface area contributed by atoms with Crippen LogP contribution in [-0.2, 0) is 5.88 Å². The van der Waals surface area contributed by atoms with Crippen molar-refractivity contribution in [1.29, 1.82) is 0 Å². The summed E-state index contributed by atoms with van der Waals surface area (Å²) < 4.78 is 27.5. The minimum absolute atomic E-state index is 0.0715. The highest BCUT2D eigenvalue weighted by Crippen LogP contribution is 2.28. The number of alkyl halides is 1. The van der Waals surface area contributed by atoms with E-state index in [1.165, 1.54) is 24.4 Å². The third kappa shape index (κ3) is 2.84. The summed E-state index contributed by atoms with van der Waals surface area (Å²) in [6, 6.07) is 7.51. The number of nitrogens with zero attached hydrogens (tertiary/aromatic N) is 2. The first-order chi connectivity index (χ1) is 9.17. The molecule has 19 heavy (non-hydrogen) atoms. The first-order valence-electron chi connectivity index (χ1n) is 5.89. The molecule has 0 N–H and O–H groups in total. The highest BCUT2D eigenvalue weighted by atomic mass is 35.5. The molecule has 0 unspecified atom stereocenters. The molecule has 2 aromatic rings. The van der Waals surface area contributed by atoms with Gasteiger partial charge in [-0.3, -0.25) is 0 Å². The second-order valence-corrected chi connectivity index (χ2v) is 4.23. The minimum Gasteiger partial charge on any atom is -0.324 e. The van der Waals surface area contributed by atoms with Crippen LogP contribution in [0.25, 0.3) is 0 Å². The number of halogens is 3. The molecule has 0 amide bonds. The van der Waals surface area contributed by atoms with Gasteiger partial charge in [0, 0.05) is 24.0 Å². The van der Waals surface area contributed by atoms with Gasteiger partial charge in [0.15, 0.2) is 11.6 Å². The summed E-state index contributed by atoms with van der Waals surface area (Å²) in [5.41, 5.74) is 0.933. The van der Waals surface area contributed by atoms with Crippen LogP contribution in [0, 0.1) is 11.6 Å². The van der Waals surface area contributed by atoms with Crippen molar-refractivity contribution >= 4 is 23.1 Å². The molecule has 0 radical (unpaired) electrons. The lowest BCUT2D eigenvalue weighted by Crippen LogP contribution is -2.19. The Morgan fingerprint density at radius 1 is 1.26 bits per heavy atom. The van der Waals surface area contributed by atoms with Gasteiger partial charge >= 0.3 is 0 Å². The molecule has 2 rings (SSSR count). The molecule has 0 aliphatic heterocycles. The molecule has 0 spiro atoms. The van der Waals surface area contributed by atoms with E-state index in [1.807, 2.05) is 6.92 Å². The van der Waals surface area contributed by atoms with E-state index in [-0.39, 0.29) is 17.5 Å². The van der Waals surface area contributed by atoms with Crippen LogP contribution in [0.1, 0.15) is 12.5 Å². The zero-order chi connectivity index (χ0) is 13.8. The largest absolute Gasteiger partial charge is 0.324 e. The first-order valence-corrected chi connectivity index (χ1v) is 6.43. The molecule has 1 aromatic carbocycles. The molecular weight excluding hydrogens is 270 g/mol. The van der Waals surface area contributed by atoms with Crippen molar-refractivity contribution in [3.8, 4) is 0 Å². The smallest absolute Gasteiger partial charge is 0.170 e. The van der Waals surface area contributed by atoms with Gasteiger partial charge in [-0.15, -0.1) is 11.6 Å². The highest BCUT2D eigenvalue weighted by molar-refractivity contribution is 6.17. The van der Waals surface area contributed by atoms with E-state index in [2.05, 4.69) is 4.98 Å². The molecule has 0 bridgehead atoms. The Bertz CT molecular complexity index is 575. The van der Waals surface area contributed by atoms with Crippen molar-refractivity contribution < 1.29 is 8.78 Å². The minimum atomic E-state index is -0.469. The summed E-state index contributed by atoms with van der Waals surface area (Å²) in [5, 5.41) is 0. The van der Waals surface area contributed by atoms with Gasteiger partial charge in [0.05, 0.1) is 5.88 Å². The van der Waals surface area contributed by atoms with Gasteiger partial charge < -0.3 is 4.90 Å². The Labute approximate surface area is 115 Å². The normalized spacial score (nSPS) is 10.5. The highest BCUT2D eigenvalue weighted by Gasteiger charge is 2.16. The lowest BCUT2D eigenvalue weighted by molar-refractivity contribution is 0.607. The van der Waals surface area contributed by atoms with Crippen molar-refractivity contribution in [1.82, 2.24) is 4.98 Å². The molecule has 0 saturated heterocycles. The number of rotatable bonds is 4. The second kappa shape index (κ2) is 5.97. The van der Waals surface area contributed by atoms with Gasteiger partial charge in [-0.1, -0.05) is 6.07 Å². The van der Waals surface area contributed by atoms with Crippen LogP contribution in [0.5, 0.6) is 0 Å². The molecule has 0 fully saturated rings. The fourth-order valence-electron chi connectivity index (χ4n) is 1.86. The average molecular weight is 283 g/mol. The van der Waals surface area contributed by atoms with Crippen LogP contribution in [0.15, 0.2) is 36.5 Å². The topological polar surface area (TPSA) is 16.1 Å². The Morgan fingerprint density at radius 2 is 2.05 bits per heavy atom. The molecule has 2 nitrogen and oxygen atoms in total. The molecule has 5 heteroatoms. The Kier molecular flexibility index (Phi) is 4.32. The van der Waals surface area contributed by atoms with Gasteiger partial charge in [0.1, 0.15) is 5.82 Å². The van der Waals surface area contributed by atoms with E-state index >= 15 is 0 Å². The van der Waals surface area contributed by atoms with Crippen LogP contribution in [0.2, 0.25) is 0 Å². The SMILES string of the molecule is CCN(c1cccc(F)c1)c1nccc(CCl)c1F. The Morgan fingerprint density at radius 3 is 2.68 bits per heavy atom. The maximum Gasteiger partial charge on any atom is 0.170 e.